The minimum Gasteiger partial charge on any atom is -0.369 e. The third-order valence-electron chi connectivity index (χ3n) is 2.60. The van der Waals surface area contributed by atoms with Gasteiger partial charge in [-0.25, -0.2) is 4.39 Å². The Bertz CT molecular complexity index is 344. The van der Waals surface area contributed by atoms with Crippen molar-refractivity contribution >= 4 is 17.3 Å². The van der Waals surface area contributed by atoms with Crippen LogP contribution in [0.25, 0.3) is 0 Å². The molecular weight excluding hydrogens is 213 g/mol. The fourth-order valence-electron chi connectivity index (χ4n) is 1.36. The molecule has 0 aromatic heterocycles. The van der Waals surface area contributed by atoms with Crippen LogP contribution in [0.2, 0.25) is 0 Å². The predicted molar refractivity (Wildman–Crippen MR) is 64.1 cm³/mol. The van der Waals surface area contributed by atoms with E-state index in [4.69, 9.17) is 11.6 Å². The molecule has 0 bridgehead atoms. The first kappa shape index (κ1) is 12.3. The van der Waals surface area contributed by atoms with Gasteiger partial charge < -0.3 is 4.90 Å². The fourth-order valence-corrected chi connectivity index (χ4v) is 1.62. The van der Waals surface area contributed by atoms with Crippen LogP contribution < -0.4 is 4.90 Å². The van der Waals surface area contributed by atoms with Gasteiger partial charge in [0.15, 0.2) is 0 Å². The van der Waals surface area contributed by atoms with E-state index in [0.29, 0.717) is 5.56 Å². The minimum atomic E-state index is -0.237. The quantitative estimate of drug-likeness (QED) is 0.698. The summed E-state index contributed by atoms with van der Waals surface area (Å²) >= 11 is 5.76. The van der Waals surface area contributed by atoms with Crippen molar-refractivity contribution in [1.29, 1.82) is 0 Å². The second-order valence-electron chi connectivity index (χ2n) is 4.60. The molecule has 1 aromatic carbocycles. The van der Waals surface area contributed by atoms with Crippen molar-refractivity contribution < 1.29 is 4.39 Å². The number of alkyl halides is 1. The molecule has 0 saturated carbocycles. The summed E-state index contributed by atoms with van der Waals surface area (Å²) in [5.74, 6) is -0.0406. The summed E-state index contributed by atoms with van der Waals surface area (Å²) in [5, 5.41) is 0. The van der Waals surface area contributed by atoms with Crippen LogP contribution in [0.15, 0.2) is 18.2 Å². The highest BCUT2D eigenvalue weighted by molar-refractivity contribution is 6.17. The van der Waals surface area contributed by atoms with Crippen molar-refractivity contribution in [2.45, 2.75) is 32.2 Å². The zero-order valence-electron chi connectivity index (χ0n) is 9.64. The lowest BCUT2D eigenvalue weighted by Gasteiger charge is -2.35. The normalized spacial score (nSPS) is 11.6. The molecule has 0 aliphatic carbocycles. The van der Waals surface area contributed by atoms with Crippen LogP contribution in [0.4, 0.5) is 10.1 Å². The zero-order valence-corrected chi connectivity index (χ0v) is 10.4. The third kappa shape index (κ3) is 2.63. The molecule has 0 amide bonds. The molecule has 0 saturated heterocycles. The summed E-state index contributed by atoms with van der Waals surface area (Å²) in [4.78, 5) is 2.04. The van der Waals surface area contributed by atoms with Gasteiger partial charge in [0.05, 0.1) is 5.88 Å². The molecule has 84 valence electrons. The molecule has 1 rings (SSSR count). The summed E-state index contributed by atoms with van der Waals surface area (Å²) < 4.78 is 13.5. The van der Waals surface area contributed by atoms with E-state index < -0.39 is 0 Å². The third-order valence-corrected chi connectivity index (χ3v) is 2.86. The Labute approximate surface area is 95.8 Å². The molecule has 0 heterocycles. The van der Waals surface area contributed by atoms with Crippen LogP contribution in [0.5, 0.6) is 0 Å². The monoisotopic (exact) mass is 229 g/mol. The van der Waals surface area contributed by atoms with Crippen molar-refractivity contribution in [3.8, 4) is 0 Å². The zero-order chi connectivity index (χ0) is 11.6. The maximum Gasteiger partial charge on any atom is 0.129 e. The first-order valence-electron chi connectivity index (χ1n) is 4.95. The average molecular weight is 230 g/mol. The molecule has 0 aliphatic heterocycles. The average Bonchev–Trinajstić information content (AvgIpc) is 2.14. The first-order valence-corrected chi connectivity index (χ1v) is 5.48. The first-order chi connectivity index (χ1) is 6.88. The van der Waals surface area contributed by atoms with Gasteiger partial charge >= 0.3 is 0 Å². The van der Waals surface area contributed by atoms with E-state index in [9.17, 15) is 4.39 Å². The molecular formula is C12H17ClFN. The van der Waals surface area contributed by atoms with Crippen LogP contribution in [-0.2, 0) is 5.88 Å². The lowest BCUT2D eigenvalue weighted by atomic mass is 10.0. The summed E-state index contributed by atoms with van der Waals surface area (Å²) in [7, 11) is 1.95. The summed E-state index contributed by atoms with van der Waals surface area (Å²) in [6, 6.07) is 5.05. The Balaban J connectivity index is 3.20. The lowest BCUT2D eigenvalue weighted by molar-refractivity contribution is 0.534. The fraction of sp³-hybridized carbons (Fsp3) is 0.500. The number of hydrogen-bond donors (Lipinski definition) is 0. The minimum absolute atomic E-state index is 0.0470. The molecule has 0 unspecified atom stereocenters. The maximum atomic E-state index is 13.5. The van der Waals surface area contributed by atoms with E-state index in [1.807, 2.05) is 18.0 Å². The van der Waals surface area contributed by atoms with Crippen LogP contribution in [0.1, 0.15) is 26.3 Å². The summed E-state index contributed by atoms with van der Waals surface area (Å²) in [5.41, 5.74) is 1.38. The summed E-state index contributed by atoms with van der Waals surface area (Å²) in [6.45, 7) is 6.24. The standard InChI is InChI=1S/C12H17ClFN/c1-12(2,3)15(4)11-7-5-6-10(14)9(11)8-13/h5-7H,8H2,1-4H3. The number of hydrogen-bond acceptors (Lipinski definition) is 1. The van der Waals surface area contributed by atoms with Gasteiger partial charge in [-0.1, -0.05) is 6.07 Å². The van der Waals surface area contributed by atoms with E-state index in [2.05, 4.69) is 20.8 Å². The number of halogens is 2. The molecule has 3 heteroatoms. The maximum absolute atomic E-state index is 13.5. The highest BCUT2D eigenvalue weighted by atomic mass is 35.5. The van der Waals surface area contributed by atoms with Crippen LogP contribution in [0, 0.1) is 5.82 Å². The number of benzene rings is 1. The van der Waals surface area contributed by atoms with Gasteiger partial charge in [0, 0.05) is 23.8 Å². The molecule has 15 heavy (non-hydrogen) atoms. The second-order valence-corrected chi connectivity index (χ2v) is 4.87. The van der Waals surface area contributed by atoms with Gasteiger partial charge in [0.1, 0.15) is 5.82 Å². The van der Waals surface area contributed by atoms with E-state index in [1.165, 1.54) is 6.07 Å². The van der Waals surface area contributed by atoms with Crippen molar-refractivity contribution in [2.75, 3.05) is 11.9 Å². The molecule has 0 fully saturated rings. The Morgan fingerprint density at radius 1 is 1.33 bits per heavy atom. The van der Waals surface area contributed by atoms with Gasteiger partial charge in [0.25, 0.3) is 0 Å². The van der Waals surface area contributed by atoms with E-state index >= 15 is 0 Å². The van der Waals surface area contributed by atoms with E-state index in [0.717, 1.165) is 5.69 Å². The molecule has 1 aromatic rings. The van der Waals surface area contributed by atoms with Gasteiger partial charge in [-0.15, -0.1) is 11.6 Å². The highest BCUT2D eigenvalue weighted by Crippen LogP contribution is 2.28. The number of rotatable bonds is 2. The Hall–Kier alpha value is -0.760. The molecule has 0 spiro atoms. The largest absolute Gasteiger partial charge is 0.369 e. The Morgan fingerprint density at radius 2 is 1.93 bits per heavy atom. The van der Waals surface area contributed by atoms with Gasteiger partial charge in [-0.05, 0) is 32.9 Å². The molecule has 0 N–H and O–H groups in total. The Kier molecular flexibility index (Phi) is 3.61. The van der Waals surface area contributed by atoms with Crippen LogP contribution in [0.3, 0.4) is 0 Å². The van der Waals surface area contributed by atoms with Gasteiger partial charge in [-0.2, -0.15) is 0 Å². The molecule has 0 atom stereocenters. The highest BCUT2D eigenvalue weighted by Gasteiger charge is 2.20. The van der Waals surface area contributed by atoms with E-state index in [1.54, 1.807) is 6.07 Å². The van der Waals surface area contributed by atoms with E-state index in [-0.39, 0.29) is 17.2 Å². The molecule has 1 nitrogen and oxygen atoms in total. The second kappa shape index (κ2) is 4.40. The van der Waals surface area contributed by atoms with Crippen molar-refractivity contribution in [1.82, 2.24) is 0 Å². The van der Waals surface area contributed by atoms with Crippen molar-refractivity contribution in [3.05, 3.63) is 29.6 Å². The SMILES string of the molecule is CN(c1cccc(F)c1CCl)C(C)(C)C. The topological polar surface area (TPSA) is 3.24 Å². The smallest absolute Gasteiger partial charge is 0.129 e. The van der Waals surface area contributed by atoms with Gasteiger partial charge in [0.2, 0.25) is 0 Å². The lowest BCUT2D eigenvalue weighted by Crippen LogP contribution is -2.38. The van der Waals surface area contributed by atoms with Crippen LogP contribution >= 0.6 is 11.6 Å². The van der Waals surface area contributed by atoms with Crippen molar-refractivity contribution in [2.24, 2.45) is 0 Å². The molecule has 0 aliphatic rings. The molecule has 0 radical (unpaired) electrons. The van der Waals surface area contributed by atoms with Gasteiger partial charge in [-0.3, -0.25) is 0 Å². The summed E-state index contributed by atoms with van der Waals surface area (Å²) in [6.07, 6.45) is 0. The number of anilines is 1. The number of nitrogens with zero attached hydrogens (tertiary/aromatic N) is 1. The Morgan fingerprint density at radius 3 is 2.40 bits per heavy atom. The predicted octanol–water partition coefficient (Wildman–Crippen LogP) is 3.80. The van der Waals surface area contributed by atoms with Crippen LogP contribution in [-0.4, -0.2) is 12.6 Å². The van der Waals surface area contributed by atoms with Crippen molar-refractivity contribution in [3.63, 3.8) is 0 Å².